The Morgan fingerprint density at radius 1 is 1.50 bits per heavy atom. The number of furan rings is 1. The molecule has 2 aromatic rings. The van der Waals surface area contributed by atoms with Crippen LogP contribution in [0.25, 0.3) is 0 Å². The third-order valence-electron chi connectivity index (χ3n) is 2.54. The van der Waals surface area contributed by atoms with Crippen LogP contribution in [0.2, 0.25) is 0 Å². The zero-order chi connectivity index (χ0) is 11.7. The van der Waals surface area contributed by atoms with E-state index in [1.807, 2.05) is 6.07 Å². The molecule has 0 saturated heterocycles. The van der Waals surface area contributed by atoms with Gasteiger partial charge in [-0.05, 0) is 47.5 Å². The lowest BCUT2D eigenvalue weighted by atomic mass is 10.1. The van der Waals surface area contributed by atoms with Gasteiger partial charge in [0.1, 0.15) is 11.8 Å². The number of hydrogen-bond acceptors (Lipinski definition) is 4. The number of rotatable bonds is 3. The summed E-state index contributed by atoms with van der Waals surface area (Å²) in [5, 5.41) is 0. The Bertz CT molecular complexity index is 472. The van der Waals surface area contributed by atoms with E-state index in [1.165, 1.54) is 10.4 Å². The summed E-state index contributed by atoms with van der Waals surface area (Å²) in [6.45, 7) is 4.20. The van der Waals surface area contributed by atoms with E-state index >= 15 is 0 Å². The van der Waals surface area contributed by atoms with Gasteiger partial charge < -0.3 is 4.42 Å². The maximum atomic E-state index is 5.60. The van der Waals surface area contributed by atoms with E-state index in [2.05, 4.69) is 41.3 Å². The van der Waals surface area contributed by atoms with E-state index in [4.69, 9.17) is 10.3 Å². The predicted molar refractivity (Wildman–Crippen MR) is 69.4 cm³/mol. The summed E-state index contributed by atoms with van der Waals surface area (Å²) in [6, 6.07) is 3.91. The van der Waals surface area contributed by atoms with Crippen molar-refractivity contribution in [3.05, 3.63) is 43.9 Å². The van der Waals surface area contributed by atoms with Gasteiger partial charge in [-0.25, -0.2) is 5.43 Å². The summed E-state index contributed by atoms with van der Waals surface area (Å²) in [7, 11) is 0. The third kappa shape index (κ3) is 2.08. The van der Waals surface area contributed by atoms with Crippen molar-refractivity contribution in [2.45, 2.75) is 19.9 Å². The Kier molecular flexibility index (Phi) is 3.49. The standard InChI is InChI=1S/C11H13BrN2OS/c1-6-5-9(16-7(6)2)10(14-13)11-8(12)3-4-15-11/h3-5,10,14H,13H2,1-2H3. The average Bonchev–Trinajstić information content (AvgIpc) is 2.78. The predicted octanol–water partition coefficient (Wildman–Crippen LogP) is 3.27. The minimum atomic E-state index is -0.0956. The van der Waals surface area contributed by atoms with Crippen molar-refractivity contribution in [3.8, 4) is 0 Å². The third-order valence-corrected chi connectivity index (χ3v) is 4.42. The van der Waals surface area contributed by atoms with Crippen LogP contribution in [-0.2, 0) is 0 Å². The van der Waals surface area contributed by atoms with E-state index in [0.29, 0.717) is 0 Å². The first-order valence-corrected chi connectivity index (χ1v) is 6.50. The van der Waals surface area contributed by atoms with Gasteiger partial charge in [-0.15, -0.1) is 11.3 Å². The number of nitrogens with one attached hydrogen (secondary N) is 1. The van der Waals surface area contributed by atoms with E-state index in [9.17, 15) is 0 Å². The molecule has 0 fully saturated rings. The lowest BCUT2D eigenvalue weighted by molar-refractivity contribution is 0.453. The molecule has 0 spiro atoms. The largest absolute Gasteiger partial charge is 0.466 e. The second kappa shape index (κ2) is 4.71. The highest BCUT2D eigenvalue weighted by molar-refractivity contribution is 9.10. The fourth-order valence-corrected chi connectivity index (χ4v) is 3.07. The molecule has 0 radical (unpaired) electrons. The highest BCUT2D eigenvalue weighted by Crippen LogP contribution is 2.34. The minimum Gasteiger partial charge on any atom is -0.466 e. The molecule has 3 N–H and O–H groups in total. The fourth-order valence-electron chi connectivity index (χ4n) is 1.54. The van der Waals surface area contributed by atoms with Crippen molar-refractivity contribution in [1.29, 1.82) is 0 Å². The van der Waals surface area contributed by atoms with Gasteiger partial charge in [-0.2, -0.15) is 0 Å². The smallest absolute Gasteiger partial charge is 0.141 e. The molecule has 3 nitrogen and oxygen atoms in total. The minimum absolute atomic E-state index is 0.0956. The summed E-state index contributed by atoms with van der Waals surface area (Å²) in [5.41, 5.74) is 4.07. The number of hydrazine groups is 1. The van der Waals surface area contributed by atoms with Crippen LogP contribution in [0.4, 0.5) is 0 Å². The first kappa shape index (κ1) is 11.9. The monoisotopic (exact) mass is 300 g/mol. The summed E-state index contributed by atoms with van der Waals surface area (Å²) in [6.07, 6.45) is 1.65. The van der Waals surface area contributed by atoms with Crippen LogP contribution in [0.5, 0.6) is 0 Å². The molecule has 16 heavy (non-hydrogen) atoms. The van der Waals surface area contributed by atoms with Crippen LogP contribution in [-0.4, -0.2) is 0 Å². The maximum Gasteiger partial charge on any atom is 0.141 e. The van der Waals surface area contributed by atoms with Gasteiger partial charge in [0, 0.05) is 9.75 Å². The molecule has 5 heteroatoms. The Morgan fingerprint density at radius 3 is 2.69 bits per heavy atom. The van der Waals surface area contributed by atoms with Crippen molar-refractivity contribution >= 4 is 27.3 Å². The summed E-state index contributed by atoms with van der Waals surface area (Å²) in [4.78, 5) is 2.46. The summed E-state index contributed by atoms with van der Waals surface area (Å²) in [5.74, 6) is 6.41. The van der Waals surface area contributed by atoms with Gasteiger partial charge >= 0.3 is 0 Å². The highest BCUT2D eigenvalue weighted by Gasteiger charge is 2.20. The molecule has 2 heterocycles. The average molecular weight is 301 g/mol. The van der Waals surface area contributed by atoms with Gasteiger partial charge in [0.25, 0.3) is 0 Å². The molecule has 2 rings (SSSR count). The summed E-state index contributed by atoms with van der Waals surface area (Å²) < 4.78 is 6.37. The topological polar surface area (TPSA) is 51.2 Å². The SMILES string of the molecule is Cc1cc(C(NN)c2occc2Br)sc1C. The molecule has 0 aliphatic carbocycles. The van der Waals surface area contributed by atoms with E-state index in [1.54, 1.807) is 17.6 Å². The van der Waals surface area contributed by atoms with Gasteiger partial charge in [0.2, 0.25) is 0 Å². The van der Waals surface area contributed by atoms with Crippen LogP contribution in [0.15, 0.2) is 27.3 Å². The lowest BCUT2D eigenvalue weighted by Crippen LogP contribution is -2.28. The Balaban J connectivity index is 2.40. The molecule has 1 unspecified atom stereocenters. The molecule has 0 saturated carbocycles. The van der Waals surface area contributed by atoms with Crippen LogP contribution in [0.3, 0.4) is 0 Å². The number of halogens is 1. The van der Waals surface area contributed by atoms with E-state index in [0.717, 1.165) is 15.1 Å². The molecule has 0 amide bonds. The van der Waals surface area contributed by atoms with Crippen molar-refractivity contribution in [2.24, 2.45) is 5.84 Å². The Labute approximate surface area is 107 Å². The fraction of sp³-hybridized carbons (Fsp3) is 0.273. The molecule has 0 aliphatic rings. The quantitative estimate of drug-likeness (QED) is 0.676. The summed E-state index contributed by atoms with van der Waals surface area (Å²) >= 11 is 5.18. The molecule has 0 aliphatic heterocycles. The second-order valence-electron chi connectivity index (χ2n) is 3.62. The van der Waals surface area contributed by atoms with Crippen LogP contribution in [0.1, 0.15) is 27.1 Å². The zero-order valence-electron chi connectivity index (χ0n) is 9.08. The van der Waals surface area contributed by atoms with Crippen LogP contribution >= 0.6 is 27.3 Å². The maximum absolute atomic E-state index is 5.60. The Morgan fingerprint density at radius 2 is 2.25 bits per heavy atom. The molecule has 2 aromatic heterocycles. The lowest BCUT2D eigenvalue weighted by Gasteiger charge is -2.11. The molecule has 1 atom stereocenters. The van der Waals surface area contributed by atoms with E-state index < -0.39 is 0 Å². The number of nitrogens with two attached hydrogens (primary N) is 1. The molecule has 86 valence electrons. The van der Waals surface area contributed by atoms with Crippen molar-refractivity contribution in [2.75, 3.05) is 0 Å². The molecule has 0 aromatic carbocycles. The molecular weight excluding hydrogens is 288 g/mol. The number of hydrogen-bond donors (Lipinski definition) is 2. The Hall–Kier alpha value is -0.620. The van der Waals surface area contributed by atoms with Gasteiger partial charge in [0.15, 0.2) is 0 Å². The van der Waals surface area contributed by atoms with Gasteiger partial charge in [-0.1, -0.05) is 0 Å². The highest BCUT2D eigenvalue weighted by atomic mass is 79.9. The van der Waals surface area contributed by atoms with Crippen molar-refractivity contribution < 1.29 is 4.42 Å². The molecular formula is C11H13BrN2OS. The molecule has 0 bridgehead atoms. The van der Waals surface area contributed by atoms with Gasteiger partial charge in [-0.3, -0.25) is 5.84 Å². The first-order chi connectivity index (χ1) is 7.63. The zero-order valence-corrected chi connectivity index (χ0v) is 11.5. The van der Waals surface area contributed by atoms with Crippen LogP contribution in [0, 0.1) is 13.8 Å². The van der Waals surface area contributed by atoms with E-state index in [-0.39, 0.29) is 6.04 Å². The number of aryl methyl sites for hydroxylation is 2. The second-order valence-corrected chi connectivity index (χ2v) is 5.76. The van der Waals surface area contributed by atoms with Crippen molar-refractivity contribution in [1.82, 2.24) is 5.43 Å². The van der Waals surface area contributed by atoms with Gasteiger partial charge in [0.05, 0.1) is 10.7 Å². The van der Waals surface area contributed by atoms with Crippen LogP contribution < -0.4 is 11.3 Å². The first-order valence-electron chi connectivity index (χ1n) is 4.89. The number of thiophene rings is 1. The van der Waals surface area contributed by atoms with Crippen molar-refractivity contribution in [3.63, 3.8) is 0 Å². The normalized spacial score (nSPS) is 13.0.